The third-order valence-electron chi connectivity index (χ3n) is 2.24. The Balaban J connectivity index is 2.64. The topological polar surface area (TPSA) is 79.6 Å². The number of phenols is 1. The van der Waals surface area contributed by atoms with Crippen LogP contribution in [0.2, 0.25) is 0 Å². The minimum absolute atomic E-state index is 0.0565. The van der Waals surface area contributed by atoms with Crippen molar-refractivity contribution in [3.05, 3.63) is 28.4 Å². The zero-order chi connectivity index (χ0) is 11.0. The Labute approximate surface area is 94.4 Å². The number of aliphatic hydroxyl groups is 1. The van der Waals surface area contributed by atoms with Gasteiger partial charge in [-0.3, -0.25) is 0 Å². The van der Waals surface area contributed by atoms with Gasteiger partial charge in [-0.25, -0.2) is 0 Å². The lowest BCUT2D eigenvalue weighted by atomic mass is 10.1. The van der Waals surface area contributed by atoms with Crippen LogP contribution in [0.4, 0.5) is 0 Å². The Morgan fingerprint density at radius 2 is 2.20 bits per heavy atom. The van der Waals surface area contributed by atoms with Gasteiger partial charge >= 0.3 is 0 Å². The predicted molar refractivity (Wildman–Crippen MR) is 59.6 cm³/mol. The molecule has 80 valence electrons. The van der Waals surface area contributed by atoms with Gasteiger partial charge in [0.1, 0.15) is 0 Å². The Bertz CT molecular complexity index is 495. The summed E-state index contributed by atoms with van der Waals surface area (Å²) in [7, 11) is 0. The SMILES string of the molecule is NCC(O)c1ccc2cc(Br)oc2c1O. The van der Waals surface area contributed by atoms with Crippen LogP contribution in [0.1, 0.15) is 11.7 Å². The molecule has 4 nitrogen and oxygen atoms in total. The van der Waals surface area contributed by atoms with Crippen molar-refractivity contribution in [2.45, 2.75) is 6.10 Å². The molecule has 0 aliphatic rings. The maximum atomic E-state index is 9.83. The van der Waals surface area contributed by atoms with Gasteiger partial charge in [0.2, 0.25) is 0 Å². The molecule has 0 radical (unpaired) electrons. The van der Waals surface area contributed by atoms with Crippen LogP contribution in [-0.2, 0) is 0 Å². The molecule has 1 aromatic carbocycles. The summed E-state index contributed by atoms with van der Waals surface area (Å²) in [4.78, 5) is 0. The molecule has 2 rings (SSSR count). The maximum absolute atomic E-state index is 9.83. The molecule has 15 heavy (non-hydrogen) atoms. The fourth-order valence-electron chi connectivity index (χ4n) is 1.47. The van der Waals surface area contributed by atoms with Crippen molar-refractivity contribution in [2.24, 2.45) is 5.73 Å². The van der Waals surface area contributed by atoms with Crippen molar-refractivity contribution in [1.82, 2.24) is 0 Å². The normalized spacial score (nSPS) is 13.3. The van der Waals surface area contributed by atoms with Crippen molar-refractivity contribution in [3.63, 3.8) is 0 Å². The first-order valence-electron chi connectivity index (χ1n) is 4.42. The van der Waals surface area contributed by atoms with Gasteiger partial charge in [-0.2, -0.15) is 0 Å². The largest absolute Gasteiger partial charge is 0.504 e. The first-order chi connectivity index (χ1) is 7.13. The molecule has 5 heteroatoms. The van der Waals surface area contributed by atoms with Crippen molar-refractivity contribution in [3.8, 4) is 5.75 Å². The zero-order valence-corrected chi connectivity index (χ0v) is 9.36. The van der Waals surface area contributed by atoms with E-state index in [1.54, 1.807) is 18.2 Å². The molecular formula is C10H10BrNO3. The summed E-state index contributed by atoms with van der Waals surface area (Å²) >= 11 is 3.17. The predicted octanol–water partition coefficient (Wildman–Crippen LogP) is 1.89. The van der Waals surface area contributed by atoms with E-state index in [1.165, 1.54) is 0 Å². The van der Waals surface area contributed by atoms with E-state index < -0.39 is 6.10 Å². The van der Waals surface area contributed by atoms with Crippen molar-refractivity contribution in [2.75, 3.05) is 6.54 Å². The number of hydrogen-bond acceptors (Lipinski definition) is 4. The minimum atomic E-state index is -0.877. The average molecular weight is 272 g/mol. The molecule has 0 amide bonds. The van der Waals surface area contributed by atoms with Gasteiger partial charge in [0, 0.05) is 17.5 Å². The van der Waals surface area contributed by atoms with Gasteiger partial charge < -0.3 is 20.4 Å². The number of rotatable bonds is 2. The second kappa shape index (κ2) is 3.84. The van der Waals surface area contributed by atoms with Crippen LogP contribution < -0.4 is 5.73 Å². The zero-order valence-electron chi connectivity index (χ0n) is 7.77. The van der Waals surface area contributed by atoms with Gasteiger partial charge in [-0.1, -0.05) is 12.1 Å². The Morgan fingerprint density at radius 1 is 1.47 bits per heavy atom. The standard InChI is InChI=1S/C10H10BrNO3/c11-8-3-5-1-2-6(7(13)4-12)9(14)10(5)15-8/h1-3,7,13-14H,4,12H2. The number of aromatic hydroxyl groups is 1. The monoisotopic (exact) mass is 271 g/mol. The number of benzene rings is 1. The molecule has 0 fully saturated rings. The highest BCUT2D eigenvalue weighted by molar-refractivity contribution is 9.10. The van der Waals surface area contributed by atoms with Crippen molar-refractivity contribution >= 4 is 26.9 Å². The fourth-order valence-corrected chi connectivity index (χ4v) is 1.88. The molecule has 2 aromatic rings. The third-order valence-corrected chi connectivity index (χ3v) is 2.63. The van der Waals surface area contributed by atoms with Gasteiger partial charge in [-0.05, 0) is 22.0 Å². The number of nitrogens with two attached hydrogens (primary N) is 1. The second-order valence-electron chi connectivity index (χ2n) is 3.22. The Morgan fingerprint density at radius 3 is 2.87 bits per heavy atom. The van der Waals surface area contributed by atoms with E-state index >= 15 is 0 Å². The summed E-state index contributed by atoms with van der Waals surface area (Å²) in [5.41, 5.74) is 6.06. The highest BCUT2D eigenvalue weighted by Gasteiger charge is 2.15. The summed E-state index contributed by atoms with van der Waals surface area (Å²) in [5.74, 6) is -0.0591. The van der Waals surface area contributed by atoms with E-state index in [1.807, 2.05) is 0 Å². The third kappa shape index (κ3) is 1.73. The van der Waals surface area contributed by atoms with Crippen molar-refractivity contribution in [1.29, 1.82) is 0 Å². The lowest BCUT2D eigenvalue weighted by molar-refractivity contribution is 0.182. The Hall–Kier alpha value is -1.04. The molecule has 0 aliphatic heterocycles. The molecule has 0 spiro atoms. The van der Waals surface area contributed by atoms with Crippen molar-refractivity contribution < 1.29 is 14.6 Å². The van der Waals surface area contributed by atoms with Gasteiger partial charge in [0.05, 0.1) is 6.10 Å². The average Bonchev–Trinajstić information content (AvgIpc) is 2.59. The lowest BCUT2D eigenvalue weighted by Crippen LogP contribution is -2.11. The minimum Gasteiger partial charge on any atom is -0.504 e. The number of fused-ring (bicyclic) bond motifs is 1. The van der Waals surface area contributed by atoms with E-state index in [2.05, 4.69) is 15.9 Å². The fraction of sp³-hybridized carbons (Fsp3) is 0.200. The van der Waals surface area contributed by atoms with Crippen LogP contribution in [0.5, 0.6) is 5.75 Å². The van der Waals surface area contributed by atoms with Crippen LogP contribution in [-0.4, -0.2) is 16.8 Å². The second-order valence-corrected chi connectivity index (χ2v) is 4.01. The van der Waals surface area contributed by atoms with Crippen LogP contribution in [0.3, 0.4) is 0 Å². The molecule has 0 saturated heterocycles. The van der Waals surface area contributed by atoms with E-state index in [4.69, 9.17) is 10.2 Å². The van der Waals surface area contributed by atoms with Gasteiger partial charge in [-0.15, -0.1) is 0 Å². The maximum Gasteiger partial charge on any atom is 0.177 e. The summed E-state index contributed by atoms with van der Waals surface area (Å²) in [5, 5.41) is 20.1. The van der Waals surface area contributed by atoms with Gasteiger partial charge in [0.25, 0.3) is 0 Å². The molecule has 0 bridgehead atoms. The number of hydrogen-bond donors (Lipinski definition) is 3. The smallest absolute Gasteiger partial charge is 0.177 e. The van der Waals surface area contributed by atoms with E-state index in [-0.39, 0.29) is 12.3 Å². The van der Waals surface area contributed by atoms with Crippen LogP contribution in [0.25, 0.3) is 11.0 Å². The van der Waals surface area contributed by atoms with Crippen LogP contribution in [0, 0.1) is 0 Å². The molecule has 1 aromatic heterocycles. The Kier molecular flexibility index (Phi) is 2.68. The summed E-state index contributed by atoms with van der Waals surface area (Å²) < 4.78 is 5.78. The number of phenolic OH excluding ortho intramolecular Hbond substituents is 1. The molecule has 1 atom stereocenters. The first kappa shape index (κ1) is 10.5. The lowest BCUT2D eigenvalue weighted by Gasteiger charge is -2.09. The molecule has 4 N–H and O–H groups in total. The first-order valence-corrected chi connectivity index (χ1v) is 5.22. The van der Waals surface area contributed by atoms with Crippen LogP contribution >= 0.6 is 15.9 Å². The highest BCUT2D eigenvalue weighted by Crippen LogP contribution is 2.35. The molecule has 1 heterocycles. The number of furan rings is 1. The molecule has 0 saturated carbocycles. The molecular weight excluding hydrogens is 262 g/mol. The summed E-state index contributed by atoms with van der Waals surface area (Å²) in [6.07, 6.45) is -0.877. The molecule has 0 aliphatic carbocycles. The van der Waals surface area contributed by atoms with E-state index in [9.17, 15) is 10.2 Å². The van der Waals surface area contributed by atoms with Gasteiger partial charge in [0.15, 0.2) is 16.0 Å². The number of halogens is 1. The highest BCUT2D eigenvalue weighted by atomic mass is 79.9. The summed E-state index contributed by atoms with van der Waals surface area (Å²) in [6, 6.07) is 5.14. The quantitative estimate of drug-likeness (QED) is 0.780. The van der Waals surface area contributed by atoms with E-state index in [0.29, 0.717) is 15.8 Å². The summed E-state index contributed by atoms with van der Waals surface area (Å²) in [6.45, 7) is 0.0565. The molecule has 1 unspecified atom stereocenters. The number of aliphatic hydroxyl groups excluding tert-OH is 1. The van der Waals surface area contributed by atoms with Crippen LogP contribution in [0.15, 0.2) is 27.3 Å². The van der Waals surface area contributed by atoms with E-state index in [0.717, 1.165) is 5.39 Å².